The summed E-state index contributed by atoms with van der Waals surface area (Å²) in [6, 6.07) is 8.09. The number of likely N-dealkylation sites (tertiary alicyclic amines) is 1. The summed E-state index contributed by atoms with van der Waals surface area (Å²) in [6.07, 6.45) is 4.89. The van der Waals surface area contributed by atoms with Crippen LogP contribution in [0, 0.1) is 11.3 Å². The van der Waals surface area contributed by atoms with Crippen molar-refractivity contribution in [1.82, 2.24) is 4.90 Å². The van der Waals surface area contributed by atoms with Crippen LogP contribution in [0.3, 0.4) is 0 Å². The number of benzene rings is 1. The van der Waals surface area contributed by atoms with E-state index in [-0.39, 0.29) is 6.04 Å². The van der Waals surface area contributed by atoms with Crippen molar-refractivity contribution in [3.63, 3.8) is 0 Å². The lowest BCUT2D eigenvalue weighted by atomic mass is 10.0. The fourth-order valence-corrected chi connectivity index (χ4v) is 3.00. The standard InChI is InChI=1S/C15H19BrN2O/c1-19-15-7-6-12(16)10-13(15)14(11-17)18-8-4-2-3-5-9-18/h6-7,10,14H,2-5,8-9H2,1H3. The summed E-state index contributed by atoms with van der Waals surface area (Å²) >= 11 is 3.48. The van der Waals surface area contributed by atoms with E-state index in [0.717, 1.165) is 28.9 Å². The maximum absolute atomic E-state index is 9.57. The maximum atomic E-state index is 9.57. The van der Waals surface area contributed by atoms with Crippen molar-refractivity contribution in [3.8, 4) is 11.8 Å². The van der Waals surface area contributed by atoms with Gasteiger partial charge in [-0.3, -0.25) is 4.90 Å². The van der Waals surface area contributed by atoms with Gasteiger partial charge in [0.1, 0.15) is 11.8 Å². The lowest BCUT2D eigenvalue weighted by Gasteiger charge is -2.26. The van der Waals surface area contributed by atoms with Crippen LogP contribution < -0.4 is 4.74 Å². The lowest BCUT2D eigenvalue weighted by Crippen LogP contribution is -2.29. The second kappa shape index (κ2) is 6.93. The Morgan fingerprint density at radius 3 is 2.53 bits per heavy atom. The van der Waals surface area contributed by atoms with Crippen molar-refractivity contribution in [3.05, 3.63) is 28.2 Å². The smallest absolute Gasteiger partial charge is 0.127 e. The molecule has 4 heteroatoms. The molecule has 102 valence electrons. The third kappa shape index (κ3) is 3.49. The van der Waals surface area contributed by atoms with Gasteiger partial charge in [0.15, 0.2) is 0 Å². The molecule has 1 atom stereocenters. The van der Waals surface area contributed by atoms with Gasteiger partial charge in [0.05, 0.1) is 13.2 Å². The summed E-state index contributed by atoms with van der Waals surface area (Å²) in [7, 11) is 1.66. The van der Waals surface area contributed by atoms with Crippen LogP contribution in [-0.4, -0.2) is 25.1 Å². The van der Waals surface area contributed by atoms with Gasteiger partial charge in [-0.25, -0.2) is 0 Å². The molecule has 1 aliphatic heterocycles. The van der Waals surface area contributed by atoms with Gasteiger partial charge in [-0.1, -0.05) is 28.8 Å². The van der Waals surface area contributed by atoms with Crippen molar-refractivity contribution in [2.45, 2.75) is 31.7 Å². The topological polar surface area (TPSA) is 36.3 Å². The zero-order valence-corrected chi connectivity index (χ0v) is 12.8. The van der Waals surface area contributed by atoms with E-state index in [1.165, 1.54) is 25.7 Å². The second-order valence-corrected chi connectivity index (χ2v) is 5.78. The van der Waals surface area contributed by atoms with Gasteiger partial charge >= 0.3 is 0 Å². The molecule has 1 unspecified atom stereocenters. The van der Waals surface area contributed by atoms with Crippen LogP contribution >= 0.6 is 15.9 Å². The van der Waals surface area contributed by atoms with E-state index < -0.39 is 0 Å². The SMILES string of the molecule is COc1ccc(Br)cc1C(C#N)N1CCCCCC1. The highest BCUT2D eigenvalue weighted by molar-refractivity contribution is 9.10. The molecule has 0 spiro atoms. The molecule has 1 heterocycles. The van der Waals surface area contributed by atoms with Gasteiger partial charge in [-0.15, -0.1) is 0 Å². The predicted octanol–water partition coefficient (Wildman–Crippen LogP) is 3.90. The summed E-state index contributed by atoms with van der Waals surface area (Å²) < 4.78 is 6.39. The van der Waals surface area contributed by atoms with Gasteiger partial charge in [-0.05, 0) is 44.1 Å². The highest BCUT2D eigenvalue weighted by Crippen LogP contribution is 2.32. The Morgan fingerprint density at radius 1 is 1.26 bits per heavy atom. The van der Waals surface area contributed by atoms with E-state index in [2.05, 4.69) is 26.9 Å². The summed E-state index contributed by atoms with van der Waals surface area (Å²) in [4.78, 5) is 2.28. The number of rotatable bonds is 3. The van der Waals surface area contributed by atoms with E-state index in [0.29, 0.717) is 0 Å². The fraction of sp³-hybridized carbons (Fsp3) is 0.533. The highest BCUT2D eigenvalue weighted by atomic mass is 79.9. The number of halogens is 1. The minimum absolute atomic E-state index is 0.217. The quantitative estimate of drug-likeness (QED) is 0.846. The van der Waals surface area contributed by atoms with Crippen LogP contribution in [0.15, 0.2) is 22.7 Å². The summed E-state index contributed by atoms with van der Waals surface area (Å²) in [6.45, 7) is 1.99. The van der Waals surface area contributed by atoms with Crippen LogP contribution in [0.1, 0.15) is 37.3 Å². The van der Waals surface area contributed by atoms with Gasteiger partial charge in [0, 0.05) is 10.0 Å². The molecule has 0 aromatic heterocycles. The van der Waals surface area contributed by atoms with Crippen molar-refractivity contribution >= 4 is 15.9 Å². The number of ether oxygens (including phenoxy) is 1. The number of nitrogens with zero attached hydrogens (tertiary/aromatic N) is 2. The molecule has 1 saturated heterocycles. The minimum Gasteiger partial charge on any atom is -0.496 e. The van der Waals surface area contributed by atoms with Crippen molar-refractivity contribution < 1.29 is 4.74 Å². The first-order valence-electron chi connectivity index (χ1n) is 6.73. The van der Waals surface area contributed by atoms with E-state index in [1.807, 2.05) is 18.2 Å². The average molecular weight is 323 g/mol. The first-order valence-corrected chi connectivity index (χ1v) is 7.52. The molecular formula is C15H19BrN2O. The summed E-state index contributed by atoms with van der Waals surface area (Å²) in [5.41, 5.74) is 0.960. The summed E-state index contributed by atoms with van der Waals surface area (Å²) in [5.74, 6) is 0.791. The van der Waals surface area contributed by atoms with Crippen LogP contribution in [0.4, 0.5) is 0 Å². The molecular weight excluding hydrogens is 304 g/mol. The minimum atomic E-state index is -0.217. The molecule has 1 fully saturated rings. The van der Waals surface area contributed by atoms with E-state index in [1.54, 1.807) is 7.11 Å². The maximum Gasteiger partial charge on any atom is 0.127 e. The van der Waals surface area contributed by atoms with Crippen LogP contribution in [0.25, 0.3) is 0 Å². The largest absolute Gasteiger partial charge is 0.496 e. The molecule has 1 aromatic carbocycles. The Kier molecular flexibility index (Phi) is 5.24. The number of hydrogen-bond donors (Lipinski definition) is 0. The lowest BCUT2D eigenvalue weighted by molar-refractivity contribution is 0.241. The van der Waals surface area contributed by atoms with Crippen LogP contribution in [-0.2, 0) is 0 Å². The van der Waals surface area contributed by atoms with Crippen molar-refractivity contribution in [1.29, 1.82) is 5.26 Å². The van der Waals surface area contributed by atoms with Crippen molar-refractivity contribution in [2.24, 2.45) is 0 Å². The molecule has 3 nitrogen and oxygen atoms in total. The van der Waals surface area contributed by atoms with E-state index in [4.69, 9.17) is 4.74 Å². The first-order chi connectivity index (χ1) is 9.26. The zero-order chi connectivity index (χ0) is 13.7. The van der Waals surface area contributed by atoms with E-state index in [9.17, 15) is 5.26 Å². The normalized spacial score (nSPS) is 18.4. The van der Waals surface area contributed by atoms with Gasteiger partial charge in [0.2, 0.25) is 0 Å². The molecule has 0 N–H and O–H groups in total. The third-order valence-corrected chi connectivity index (χ3v) is 4.11. The molecule has 0 aliphatic carbocycles. The Labute approximate surface area is 123 Å². The second-order valence-electron chi connectivity index (χ2n) is 4.87. The number of hydrogen-bond acceptors (Lipinski definition) is 3. The molecule has 0 amide bonds. The van der Waals surface area contributed by atoms with Gasteiger partial charge < -0.3 is 4.74 Å². The summed E-state index contributed by atoms with van der Waals surface area (Å²) in [5, 5.41) is 9.57. The zero-order valence-electron chi connectivity index (χ0n) is 11.2. The molecule has 0 radical (unpaired) electrons. The number of methoxy groups -OCH3 is 1. The Hall–Kier alpha value is -1.05. The average Bonchev–Trinajstić information content (AvgIpc) is 2.69. The predicted molar refractivity (Wildman–Crippen MR) is 79.1 cm³/mol. The molecule has 0 saturated carbocycles. The van der Waals surface area contributed by atoms with E-state index >= 15 is 0 Å². The monoisotopic (exact) mass is 322 g/mol. The fourth-order valence-electron chi connectivity index (χ4n) is 2.62. The van der Waals surface area contributed by atoms with Gasteiger partial charge in [-0.2, -0.15) is 5.26 Å². The Balaban J connectivity index is 2.30. The van der Waals surface area contributed by atoms with Gasteiger partial charge in [0.25, 0.3) is 0 Å². The van der Waals surface area contributed by atoms with Crippen LogP contribution in [0.2, 0.25) is 0 Å². The van der Waals surface area contributed by atoms with Crippen LogP contribution in [0.5, 0.6) is 5.75 Å². The Bertz CT molecular complexity index is 462. The molecule has 1 aromatic rings. The third-order valence-electron chi connectivity index (χ3n) is 3.61. The molecule has 2 rings (SSSR count). The Morgan fingerprint density at radius 2 is 1.95 bits per heavy atom. The van der Waals surface area contributed by atoms with Crippen molar-refractivity contribution in [2.75, 3.05) is 20.2 Å². The highest BCUT2D eigenvalue weighted by Gasteiger charge is 2.24. The molecule has 0 bridgehead atoms. The molecule has 1 aliphatic rings. The first kappa shape index (κ1) is 14.4. The molecule has 19 heavy (non-hydrogen) atoms. The number of nitriles is 1.